The van der Waals surface area contributed by atoms with Gasteiger partial charge in [0.15, 0.2) is 0 Å². The van der Waals surface area contributed by atoms with Crippen molar-refractivity contribution < 1.29 is 9.59 Å². The van der Waals surface area contributed by atoms with Gasteiger partial charge in [0.25, 0.3) is 5.91 Å². The molecule has 3 aromatic rings. The normalized spacial score (nSPS) is 11.1. The lowest BCUT2D eigenvalue weighted by Gasteiger charge is -2.02. The van der Waals surface area contributed by atoms with Crippen LogP contribution in [0.4, 0.5) is 5.69 Å². The van der Waals surface area contributed by atoms with Crippen molar-refractivity contribution >= 4 is 34.6 Å². The second kappa shape index (κ2) is 7.52. The van der Waals surface area contributed by atoms with Crippen LogP contribution in [0, 0.1) is 0 Å². The van der Waals surface area contributed by atoms with Gasteiger partial charge in [-0.05, 0) is 18.2 Å². The molecule has 2 aromatic carbocycles. The van der Waals surface area contributed by atoms with Crippen molar-refractivity contribution in [3.63, 3.8) is 0 Å². The van der Waals surface area contributed by atoms with Gasteiger partial charge in [0.2, 0.25) is 5.91 Å². The van der Waals surface area contributed by atoms with Gasteiger partial charge in [-0.15, -0.1) is 0 Å². The zero-order valence-corrected chi connectivity index (χ0v) is 14.1. The number of amides is 2. The SMILES string of the molecule is NC(=O)CCn1cc(/C=N\NC(=O)c2ccccc2N)c2ccccc21. The van der Waals surface area contributed by atoms with Crippen LogP contribution in [0.2, 0.25) is 0 Å². The summed E-state index contributed by atoms with van der Waals surface area (Å²) in [7, 11) is 0. The Morgan fingerprint density at radius 2 is 1.85 bits per heavy atom. The minimum absolute atomic E-state index is 0.249. The Morgan fingerprint density at radius 3 is 2.62 bits per heavy atom. The number of aromatic nitrogens is 1. The predicted octanol–water partition coefficient (Wildman–Crippen LogP) is 1.86. The molecule has 5 N–H and O–H groups in total. The molecule has 0 radical (unpaired) electrons. The van der Waals surface area contributed by atoms with E-state index in [0.717, 1.165) is 16.5 Å². The number of nitrogens with one attached hydrogen (secondary N) is 1. The van der Waals surface area contributed by atoms with Crippen molar-refractivity contribution in [2.75, 3.05) is 5.73 Å². The number of primary amides is 1. The Labute approximate surface area is 150 Å². The number of benzene rings is 2. The van der Waals surface area contributed by atoms with Gasteiger partial charge < -0.3 is 16.0 Å². The fourth-order valence-electron chi connectivity index (χ4n) is 2.72. The number of carbonyl (C=O) groups is 2. The maximum atomic E-state index is 12.1. The fraction of sp³-hybridized carbons (Fsp3) is 0.105. The third-order valence-corrected chi connectivity index (χ3v) is 3.99. The van der Waals surface area contributed by atoms with E-state index in [-0.39, 0.29) is 18.2 Å². The Bertz CT molecular complexity index is 991. The summed E-state index contributed by atoms with van der Waals surface area (Å²) in [4.78, 5) is 23.2. The highest BCUT2D eigenvalue weighted by Crippen LogP contribution is 2.20. The van der Waals surface area contributed by atoms with Crippen LogP contribution in [0.1, 0.15) is 22.3 Å². The third kappa shape index (κ3) is 3.72. The van der Waals surface area contributed by atoms with Crippen LogP contribution in [-0.2, 0) is 11.3 Å². The summed E-state index contributed by atoms with van der Waals surface area (Å²) in [6.45, 7) is 0.483. The Kier molecular flexibility index (Phi) is 4.98. The van der Waals surface area contributed by atoms with Crippen LogP contribution in [0.5, 0.6) is 0 Å². The average Bonchev–Trinajstić information content (AvgIpc) is 2.98. The fourth-order valence-corrected chi connectivity index (χ4v) is 2.72. The molecule has 0 atom stereocenters. The van der Waals surface area contributed by atoms with E-state index in [2.05, 4.69) is 10.5 Å². The highest BCUT2D eigenvalue weighted by Gasteiger charge is 2.09. The molecule has 2 amide bonds. The van der Waals surface area contributed by atoms with Gasteiger partial charge in [-0.1, -0.05) is 30.3 Å². The van der Waals surface area contributed by atoms with Crippen molar-refractivity contribution in [1.82, 2.24) is 9.99 Å². The van der Waals surface area contributed by atoms with Gasteiger partial charge in [-0.2, -0.15) is 5.10 Å². The molecule has 132 valence electrons. The van der Waals surface area contributed by atoms with Gasteiger partial charge in [0.1, 0.15) is 0 Å². The lowest BCUT2D eigenvalue weighted by Crippen LogP contribution is -2.18. The number of aryl methyl sites for hydroxylation is 1. The van der Waals surface area contributed by atoms with Crippen LogP contribution in [-0.4, -0.2) is 22.6 Å². The van der Waals surface area contributed by atoms with Crippen LogP contribution in [0.3, 0.4) is 0 Å². The number of rotatable bonds is 6. The molecular weight excluding hydrogens is 330 g/mol. The molecule has 1 aromatic heterocycles. The van der Waals surface area contributed by atoms with E-state index < -0.39 is 0 Å². The first-order valence-corrected chi connectivity index (χ1v) is 8.10. The van der Waals surface area contributed by atoms with Crippen molar-refractivity contribution in [3.05, 3.63) is 65.9 Å². The Hall–Kier alpha value is -3.61. The zero-order chi connectivity index (χ0) is 18.5. The highest BCUT2D eigenvalue weighted by atomic mass is 16.2. The van der Waals surface area contributed by atoms with Gasteiger partial charge in [-0.25, -0.2) is 5.43 Å². The van der Waals surface area contributed by atoms with Crippen molar-refractivity contribution in [1.29, 1.82) is 0 Å². The Balaban J connectivity index is 1.80. The van der Waals surface area contributed by atoms with E-state index in [9.17, 15) is 9.59 Å². The van der Waals surface area contributed by atoms with Crippen LogP contribution in [0.25, 0.3) is 10.9 Å². The van der Waals surface area contributed by atoms with Gasteiger partial charge in [0.05, 0.1) is 11.8 Å². The van der Waals surface area contributed by atoms with Crippen LogP contribution in [0.15, 0.2) is 59.8 Å². The molecular formula is C19H19N5O2. The molecule has 0 bridgehead atoms. The van der Waals surface area contributed by atoms with Gasteiger partial charge in [0, 0.05) is 41.3 Å². The van der Waals surface area contributed by atoms with E-state index in [1.54, 1.807) is 30.5 Å². The maximum Gasteiger partial charge on any atom is 0.273 e. The molecule has 0 aliphatic heterocycles. The van der Waals surface area contributed by atoms with Crippen molar-refractivity contribution in [2.24, 2.45) is 10.8 Å². The molecule has 0 saturated carbocycles. The molecule has 7 nitrogen and oxygen atoms in total. The van der Waals surface area contributed by atoms with E-state index in [1.165, 1.54) is 0 Å². The highest BCUT2D eigenvalue weighted by molar-refractivity contribution is 6.02. The van der Waals surface area contributed by atoms with Crippen molar-refractivity contribution in [3.8, 4) is 0 Å². The number of hydrogen-bond donors (Lipinski definition) is 3. The number of nitrogen functional groups attached to an aromatic ring is 1. The second-order valence-electron chi connectivity index (χ2n) is 5.80. The number of nitrogens with two attached hydrogens (primary N) is 2. The third-order valence-electron chi connectivity index (χ3n) is 3.99. The number of hydrogen-bond acceptors (Lipinski definition) is 4. The largest absolute Gasteiger partial charge is 0.398 e. The Morgan fingerprint density at radius 1 is 1.12 bits per heavy atom. The van der Waals surface area contributed by atoms with E-state index in [4.69, 9.17) is 11.5 Å². The summed E-state index contributed by atoms with van der Waals surface area (Å²) >= 11 is 0. The monoisotopic (exact) mass is 349 g/mol. The smallest absolute Gasteiger partial charge is 0.273 e. The summed E-state index contributed by atoms with van der Waals surface area (Å²) < 4.78 is 1.94. The number of nitrogens with zero attached hydrogens (tertiary/aromatic N) is 2. The summed E-state index contributed by atoms with van der Waals surface area (Å²) in [6.07, 6.45) is 3.69. The summed E-state index contributed by atoms with van der Waals surface area (Å²) in [6, 6.07) is 14.5. The summed E-state index contributed by atoms with van der Waals surface area (Å²) in [5.74, 6) is -0.734. The van der Waals surface area contributed by atoms with Crippen LogP contribution < -0.4 is 16.9 Å². The second-order valence-corrected chi connectivity index (χ2v) is 5.80. The first-order chi connectivity index (χ1) is 12.6. The van der Waals surface area contributed by atoms with E-state index in [0.29, 0.717) is 17.8 Å². The topological polar surface area (TPSA) is 115 Å². The lowest BCUT2D eigenvalue weighted by molar-refractivity contribution is -0.118. The molecule has 0 spiro atoms. The molecule has 1 heterocycles. The summed E-state index contributed by atoms with van der Waals surface area (Å²) in [5.41, 5.74) is 16.1. The lowest BCUT2D eigenvalue weighted by atomic mass is 10.2. The number of anilines is 1. The van der Waals surface area contributed by atoms with E-state index >= 15 is 0 Å². The predicted molar refractivity (Wildman–Crippen MR) is 102 cm³/mol. The number of hydrazone groups is 1. The number of fused-ring (bicyclic) bond motifs is 1. The molecule has 0 aliphatic rings. The van der Waals surface area contributed by atoms with Crippen molar-refractivity contribution in [2.45, 2.75) is 13.0 Å². The first kappa shape index (κ1) is 17.2. The van der Waals surface area contributed by atoms with Gasteiger partial charge in [-0.3, -0.25) is 9.59 Å². The standard InChI is InChI=1S/C19H19N5O2/c20-16-7-3-1-6-15(16)19(26)23-22-11-13-12-24(10-9-18(21)25)17-8-4-2-5-14(13)17/h1-8,11-12H,9-10,20H2,(H2,21,25)(H,23,26)/b22-11-. The molecule has 26 heavy (non-hydrogen) atoms. The maximum absolute atomic E-state index is 12.1. The average molecular weight is 349 g/mol. The molecule has 0 unspecified atom stereocenters. The molecule has 0 saturated heterocycles. The quantitative estimate of drug-likeness (QED) is 0.358. The van der Waals surface area contributed by atoms with E-state index in [1.807, 2.05) is 35.0 Å². The minimum Gasteiger partial charge on any atom is -0.398 e. The number of carbonyl (C=O) groups excluding carboxylic acids is 2. The molecule has 0 aliphatic carbocycles. The molecule has 7 heteroatoms. The van der Waals surface area contributed by atoms with Gasteiger partial charge >= 0.3 is 0 Å². The first-order valence-electron chi connectivity index (χ1n) is 8.10. The summed E-state index contributed by atoms with van der Waals surface area (Å²) in [5, 5.41) is 5.00. The molecule has 0 fully saturated rings. The zero-order valence-electron chi connectivity index (χ0n) is 14.1. The number of para-hydroxylation sites is 2. The molecule has 3 rings (SSSR count). The van der Waals surface area contributed by atoms with Crippen LogP contribution >= 0.6 is 0 Å². The minimum atomic E-state index is -0.378.